The summed E-state index contributed by atoms with van der Waals surface area (Å²) in [5.41, 5.74) is 2.40. The van der Waals surface area contributed by atoms with Gasteiger partial charge in [0.2, 0.25) is 0 Å². The Morgan fingerprint density at radius 3 is 2.61 bits per heavy atom. The molecule has 1 N–H and O–H groups in total. The van der Waals surface area contributed by atoms with Crippen LogP contribution in [0.4, 0.5) is 0 Å². The number of hydrogen-bond donors (Lipinski definition) is 1. The summed E-state index contributed by atoms with van der Waals surface area (Å²) < 4.78 is 1.03. The lowest BCUT2D eigenvalue weighted by atomic mass is 10.1. The van der Waals surface area contributed by atoms with Gasteiger partial charge >= 0.3 is 0 Å². The molecule has 0 atom stereocenters. The van der Waals surface area contributed by atoms with E-state index in [0.29, 0.717) is 16.4 Å². The third-order valence-electron chi connectivity index (χ3n) is 5.19. The van der Waals surface area contributed by atoms with Crippen molar-refractivity contribution in [2.45, 2.75) is 13.1 Å². The van der Waals surface area contributed by atoms with Gasteiger partial charge in [0, 0.05) is 49.4 Å². The predicted octanol–water partition coefficient (Wildman–Crippen LogP) is 4.23. The monoisotopic (exact) mass is 413 g/mol. The second kappa shape index (κ2) is 8.62. The van der Waals surface area contributed by atoms with E-state index < -0.39 is 0 Å². The Morgan fingerprint density at radius 2 is 1.82 bits per heavy atom. The van der Waals surface area contributed by atoms with Gasteiger partial charge in [-0.1, -0.05) is 54.1 Å². The Kier molecular flexibility index (Phi) is 5.97. The van der Waals surface area contributed by atoms with Crippen LogP contribution in [0.3, 0.4) is 0 Å². The first-order valence-corrected chi connectivity index (χ1v) is 10.7. The van der Waals surface area contributed by atoms with Gasteiger partial charge in [0.25, 0.3) is 5.91 Å². The maximum atomic E-state index is 12.6. The molecule has 0 aliphatic carbocycles. The number of likely N-dealkylation sites (N-methyl/N-ethyl adjacent to an activating group) is 1. The summed E-state index contributed by atoms with van der Waals surface area (Å²) in [5.74, 6) is -0.115. The normalized spacial score (nSPS) is 15.8. The molecule has 1 aliphatic heterocycles. The summed E-state index contributed by atoms with van der Waals surface area (Å²) in [4.78, 5) is 18.1. The van der Waals surface area contributed by atoms with Crippen molar-refractivity contribution >= 4 is 38.9 Å². The first-order valence-electron chi connectivity index (χ1n) is 9.54. The fourth-order valence-corrected chi connectivity index (χ4v) is 4.96. The van der Waals surface area contributed by atoms with Crippen molar-refractivity contribution in [1.29, 1.82) is 0 Å². The molecule has 1 saturated heterocycles. The number of benzene rings is 2. The van der Waals surface area contributed by atoms with Crippen LogP contribution in [0.1, 0.15) is 20.8 Å². The number of hydrogen-bond acceptors (Lipinski definition) is 4. The Balaban J connectivity index is 1.39. The van der Waals surface area contributed by atoms with Crippen LogP contribution in [0.15, 0.2) is 48.5 Å². The molecule has 0 bridgehead atoms. The fraction of sp³-hybridized carbons (Fsp3) is 0.318. The molecule has 1 amide bonds. The van der Waals surface area contributed by atoms with Crippen LogP contribution >= 0.6 is 22.9 Å². The average molecular weight is 414 g/mol. The third-order valence-corrected chi connectivity index (χ3v) is 6.86. The Morgan fingerprint density at radius 1 is 1.07 bits per heavy atom. The Bertz CT molecular complexity index is 979. The highest BCUT2D eigenvalue weighted by molar-refractivity contribution is 7.21. The lowest BCUT2D eigenvalue weighted by Gasteiger charge is -2.32. The Labute approximate surface area is 174 Å². The molecular formula is C22H24ClN3OS. The predicted molar refractivity (Wildman–Crippen MR) is 117 cm³/mol. The molecule has 146 valence electrons. The zero-order valence-electron chi connectivity index (χ0n) is 16.0. The fourth-order valence-electron chi connectivity index (χ4n) is 3.52. The number of halogens is 1. The van der Waals surface area contributed by atoms with Crippen molar-refractivity contribution in [3.8, 4) is 0 Å². The molecule has 4 nitrogen and oxygen atoms in total. The molecule has 28 heavy (non-hydrogen) atoms. The highest BCUT2D eigenvalue weighted by Gasteiger charge is 2.17. The minimum atomic E-state index is -0.115. The van der Waals surface area contributed by atoms with Gasteiger partial charge in [-0.25, -0.2) is 0 Å². The maximum absolute atomic E-state index is 12.6. The van der Waals surface area contributed by atoms with Crippen LogP contribution in [0.25, 0.3) is 10.1 Å². The van der Waals surface area contributed by atoms with Gasteiger partial charge < -0.3 is 10.2 Å². The maximum Gasteiger partial charge on any atom is 0.263 e. The quantitative estimate of drug-likeness (QED) is 0.679. The summed E-state index contributed by atoms with van der Waals surface area (Å²) in [6.07, 6.45) is 0. The van der Waals surface area contributed by atoms with E-state index in [1.807, 2.05) is 24.3 Å². The zero-order chi connectivity index (χ0) is 19.5. The zero-order valence-corrected chi connectivity index (χ0v) is 17.5. The highest BCUT2D eigenvalue weighted by Crippen LogP contribution is 2.35. The standard InChI is InChI=1S/C22H24ClN3OS/c1-25-9-11-26(12-10-25)15-17-6-4-5-16(13-17)14-24-22(27)21-20(23)18-7-2-3-8-19(18)28-21/h2-8,13H,9-12,14-15H2,1H3,(H,24,27). The van der Waals surface area contributed by atoms with Gasteiger partial charge in [0.1, 0.15) is 4.88 Å². The van der Waals surface area contributed by atoms with Crippen molar-refractivity contribution in [1.82, 2.24) is 15.1 Å². The van der Waals surface area contributed by atoms with Gasteiger partial charge in [-0.15, -0.1) is 11.3 Å². The molecule has 0 spiro atoms. The number of thiophene rings is 1. The molecule has 0 unspecified atom stereocenters. The largest absolute Gasteiger partial charge is 0.347 e. The van der Waals surface area contributed by atoms with E-state index in [1.54, 1.807) is 0 Å². The van der Waals surface area contributed by atoms with Crippen LogP contribution in [0.5, 0.6) is 0 Å². The summed E-state index contributed by atoms with van der Waals surface area (Å²) in [6.45, 7) is 5.89. The third kappa shape index (κ3) is 4.39. The summed E-state index contributed by atoms with van der Waals surface area (Å²) >= 11 is 7.86. The number of fused-ring (bicyclic) bond motifs is 1. The second-order valence-electron chi connectivity index (χ2n) is 7.32. The van der Waals surface area contributed by atoms with Gasteiger partial charge in [0.15, 0.2) is 0 Å². The molecular weight excluding hydrogens is 390 g/mol. The van der Waals surface area contributed by atoms with E-state index in [1.165, 1.54) is 16.9 Å². The van der Waals surface area contributed by atoms with E-state index in [9.17, 15) is 4.79 Å². The minimum absolute atomic E-state index is 0.115. The van der Waals surface area contributed by atoms with E-state index in [-0.39, 0.29) is 5.91 Å². The molecule has 2 aromatic carbocycles. The van der Waals surface area contributed by atoms with E-state index in [4.69, 9.17) is 11.6 Å². The molecule has 1 aliphatic rings. The van der Waals surface area contributed by atoms with E-state index in [2.05, 4.69) is 46.4 Å². The van der Waals surface area contributed by atoms with Crippen molar-refractivity contribution in [3.63, 3.8) is 0 Å². The smallest absolute Gasteiger partial charge is 0.263 e. The SMILES string of the molecule is CN1CCN(Cc2cccc(CNC(=O)c3sc4ccccc4c3Cl)c2)CC1. The average Bonchev–Trinajstić information content (AvgIpc) is 3.05. The van der Waals surface area contributed by atoms with Crippen molar-refractivity contribution < 1.29 is 4.79 Å². The van der Waals surface area contributed by atoms with E-state index >= 15 is 0 Å². The molecule has 1 aromatic heterocycles. The van der Waals surface area contributed by atoms with Crippen molar-refractivity contribution in [3.05, 3.63) is 69.6 Å². The number of amides is 1. The summed E-state index contributed by atoms with van der Waals surface area (Å²) in [7, 11) is 2.17. The van der Waals surface area contributed by atoms with Crippen LogP contribution in [0, 0.1) is 0 Å². The Hall–Kier alpha value is -1.92. The molecule has 2 heterocycles. The highest BCUT2D eigenvalue weighted by atomic mass is 35.5. The van der Waals surface area contributed by atoms with Crippen molar-refractivity contribution in [2.24, 2.45) is 0 Å². The molecule has 6 heteroatoms. The van der Waals surface area contributed by atoms with Gasteiger partial charge in [-0.3, -0.25) is 9.69 Å². The number of carbonyl (C=O) groups excluding carboxylic acids is 1. The topological polar surface area (TPSA) is 35.6 Å². The second-order valence-corrected chi connectivity index (χ2v) is 8.75. The van der Waals surface area contributed by atoms with Crippen LogP contribution in [-0.2, 0) is 13.1 Å². The van der Waals surface area contributed by atoms with Gasteiger partial charge in [0.05, 0.1) is 5.02 Å². The molecule has 4 rings (SSSR count). The number of nitrogens with one attached hydrogen (secondary N) is 1. The summed E-state index contributed by atoms with van der Waals surface area (Å²) in [6, 6.07) is 16.3. The van der Waals surface area contributed by atoms with Gasteiger partial charge in [-0.2, -0.15) is 0 Å². The number of rotatable bonds is 5. The molecule has 3 aromatic rings. The van der Waals surface area contributed by atoms with Crippen LogP contribution in [-0.4, -0.2) is 48.9 Å². The van der Waals surface area contributed by atoms with Crippen LogP contribution < -0.4 is 5.32 Å². The number of nitrogens with zero attached hydrogens (tertiary/aromatic N) is 2. The summed E-state index contributed by atoms with van der Waals surface area (Å²) in [5, 5.41) is 4.50. The first-order chi connectivity index (χ1) is 13.6. The number of piperazine rings is 1. The lowest BCUT2D eigenvalue weighted by Crippen LogP contribution is -2.43. The van der Waals surface area contributed by atoms with Crippen molar-refractivity contribution in [2.75, 3.05) is 33.2 Å². The first kappa shape index (κ1) is 19.4. The van der Waals surface area contributed by atoms with Gasteiger partial charge in [-0.05, 0) is 24.2 Å². The molecule has 0 radical (unpaired) electrons. The lowest BCUT2D eigenvalue weighted by molar-refractivity contribution is 0.0955. The minimum Gasteiger partial charge on any atom is -0.347 e. The van der Waals surface area contributed by atoms with Crippen LogP contribution in [0.2, 0.25) is 5.02 Å². The molecule has 1 fully saturated rings. The number of carbonyl (C=O) groups is 1. The van der Waals surface area contributed by atoms with E-state index in [0.717, 1.165) is 48.4 Å². The molecule has 0 saturated carbocycles.